The van der Waals surface area contributed by atoms with Crippen molar-refractivity contribution in [3.63, 3.8) is 0 Å². The molecule has 0 atom stereocenters. The molecule has 0 aromatic carbocycles. The van der Waals surface area contributed by atoms with E-state index < -0.39 is 0 Å². The molecule has 1 N–H and O–H groups in total. The molecule has 0 aliphatic heterocycles. The molecule has 0 saturated heterocycles. The molecule has 0 saturated carbocycles. The maximum atomic E-state index is 3.72. The Morgan fingerprint density at radius 2 is 2.14 bits per heavy atom. The minimum atomic E-state index is 1.69. The summed E-state index contributed by atoms with van der Waals surface area (Å²) in [6.07, 6.45) is 1.69. The number of hydrogen-bond donors (Lipinski definition) is 1. The Balaban J connectivity index is 2.97. The number of hydrogen-bond acceptors (Lipinski definition) is 3. The van der Waals surface area contributed by atoms with Crippen molar-refractivity contribution < 1.29 is 0 Å². The first kappa shape index (κ1) is 6.43. The molecular weight excluding hydrogens is 90.1 g/mol. The van der Waals surface area contributed by atoms with Gasteiger partial charge in [0, 0.05) is 20.3 Å². The zero-order valence-electron chi connectivity index (χ0n) is 4.97. The molecule has 7 heavy (non-hydrogen) atoms. The Bertz CT molecular complexity index is 58.0. The summed E-state index contributed by atoms with van der Waals surface area (Å²) in [7, 11) is 3.76. The van der Waals surface area contributed by atoms with Crippen molar-refractivity contribution in [2.45, 2.75) is 6.92 Å². The lowest BCUT2D eigenvalue weighted by Crippen LogP contribution is -2.24. The van der Waals surface area contributed by atoms with Crippen LogP contribution < -0.4 is 5.53 Å². The minimum absolute atomic E-state index is 1.69. The van der Waals surface area contributed by atoms with E-state index >= 15 is 0 Å². The lowest BCUT2D eigenvalue weighted by Gasteiger charge is -2.05. The van der Waals surface area contributed by atoms with Crippen LogP contribution in [0.2, 0.25) is 0 Å². The molecule has 42 valence electrons. The summed E-state index contributed by atoms with van der Waals surface area (Å²) in [4.78, 5) is 0. The number of hydrazine groups is 1. The molecule has 0 aromatic heterocycles. The van der Waals surface area contributed by atoms with Crippen LogP contribution in [0.15, 0.2) is 5.10 Å². The van der Waals surface area contributed by atoms with Gasteiger partial charge in [-0.15, -0.1) is 0 Å². The number of nitrogens with one attached hydrogen (secondary N) is 1. The zero-order valence-corrected chi connectivity index (χ0v) is 4.97. The van der Waals surface area contributed by atoms with Crippen LogP contribution >= 0.6 is 0 Å². The second-order valence-electron chi connectivity index (χ2n) is 1.38. The number of nitrogens with zero attached hydrogens (tertiary/aromatic N) is 2. The SMILES string of the molecule is C/C=N\NN(C)C. The maximum absolute atomic E-state index is 3.72. The minimum Gasteiger partial charge on any atom is -0.241 e. The lowest BCUT2D eigenvalue weighted by atomic mass is 10.9. The van der Waals surface area contributed by atoms with Crippen LogP contribution in [0.25, 0.3) is 0 Å². The van der Waals surface area contributed by atoms with E-state index in [4.69, 9.17) is 0 Å². The molecule has 0 bridgehead atoms. The Morgan fingerprint density at radius 3 is 2.29 bits per heavy atom. The quantitative estimate of drug-likeness (QED) is 0.393. The van der Waals surface area contributed by atoms with Crippen LogP contribution in [-0.4, -0.2) is 25.3 Å². The van der Waals surface area contributed by atoms with Crippen molar-refractivity contribution in [2.75, 3.05) is 14.1 Å². The molecule has 0 amide bonds. The van der Waals surface area contributed by atoms with E-state index in [2.05, 4.69) is 10.6 Å². The van der Waals surface area contributed by atoms with Crippen LogP contribution in [-0.2, 0) is 0 Å². The monoisotopic (exact) mass is 101 g/mol. The molecule has 0 unspecified atom stereocenters. The molecule has 0 aliphatic carbocycles. The highest BCUT2D eigenvalue weighted by atomic mass is 15.6. The topological polar surface area (TPSA) is 27.6 Å². The van der Waals surface area contributed by atoms with Gasteiger partial charge in [-0.2, -0.15) is 5.10 Å². The van der Waals surface area contributed by atoms with Crippen molar-refractivity contribution in [3.8, 4) is 0 Å². The smallest absolute Gasteiger partial charge is 0.0227 e. The van der Waals surface area contributed by atoms with E-state index in [1.807, 2.05) is 21.0 Å². The first-order valence-electron chi connectivity index (χ1n) is 2.18. The molecule has 0 spiro atoms. The average molecular weight is 101 g/mol. The summed E-state index contributed by atoms with van der Waals surface area (Å²) < 4.78 is 0. The van der Waals surface area contributed by atoms with Crippen LogP contribution in [0.1, 0.15) is 6.92 Å². The van der Waals surface area contributed by atoms with E-state index in [1.165, 1.54) is 0 Å². The lowest BCUT2D eigenvalue weighted by molar-refractivity contribution is 0.299. The van der Waals surface area contributed by atoms with Gasteiger partial charge in [-0.05, 0) is 6.92 Å². The highest BCUT2D eigenvalue weighted by Gasteiger charge is 1.73. The second-order valence-corrected chi connectivity index (χ2v) is 1.38. The van der Waals surface area contributed by atoms with Crippen molar-refractivity contribution in [2.24, 2.45) is 5.10 Å². The maximum Gasteiger partial charge on any atom is 0.0227 e. The molecule has 0 heterocycles. The summed E-state index contributed by atoms with van der Waals surface area (Å²) in [6, 6.07) is 0. The van der Waals surface area contributed by atoms with E-state index in [-0.39, 0.29) is 0 Å². The largest absolute Gasteiger partial charge is 0.241 e. The van der Waals surface area contributed by atoms with Gasteiger partial charge in [0.15, 0.2) is 0 Å². The number of hydrazone groups is 1. The molecule has 0 rings (SSSR count). The summed E-state index contributed by atoms with van der Waals surface area (Å²) in [5.41, 5.74) is 2.70. The molecule has 0 fully saturated rings. The van der Waals surface area contributed by atoms with Gasteiger partial charge in [-0.1, -0.05) is 0 Å². The summed E-state index contributed by atoms with van der Waals surface area (Å²) >= 11 is 0. The first-order valence-corrected chi connectivity index (χ1v) is 2.18. The summed E-state index contributed by atoms with van der Waals surface area (Å²) in [5, 5.41) is 5.49. The number of rotatable bonds is 2. The average Bonchev–Trinajstić information content (AvgIpc) is 1.61. The first-order chi connectivity index (χ1) is 3.27. The van der Waals surface area contributed by atoms with Crippen LogP contribution in [0.4, 0.5) is 0 Å². The van der Waals surface area contributed by atoms with Crippen molar-refractivity contribution >= 4 is 6.21 Å². The Labute approximate surface area is 44.0 Å². The van der Waals surface area contributed by atoms with Gasteiger partial charge in [0.1, 0.15) is 0 Å². The highest BCUT2D eigenvalue weighted by Crippen LogP contribution is 1.59. The Morgan fingerprint density at radius 1 is 1.57 bits per heavy atom. The third-order valence-electron chi connectivity index (χ3n) is 0.387. The highest BCUT2D eigenvalue weighted by molar-refractivity contribution is 5.52. The molecule has 3 heteroatoms. The van der Waals surface area contributed by atoms with Crippen LogP contribution in [0, 0.1) is 0 Å². The van der Waals surface area contributed by atoms with Crippen LogP contribution in [0.3, 0.4) is 0 Å². The predicted molar refractivity (Wildman–Crippen MR) is 31.0 cm³/mol. The van der Waals surface area contributed by atoms with E-state index in [0.29, 0.717) is 0 Å². The van der Waals surface area contributed by atoms with Crippen molar-refractivity contribution in [3.05, 3.63) is 0 Å². The van der Waals surface area contributed by atoms with Gasteiger partial charge < -0.3 is 0 Å². The van der Waals surface area contributed by atoms with Gasteiger partial charge in [0.2, 0.25) is 0 Å². The van der Waals surface area contributed by atoms with E-state index in [0.717, 1.165) is 0 Å². The zero-order chi connectivity index (χ0) is 5.70. The second kappa shape index (κ2) is 3.61. The van der Waals surface area contributed by atoms with Gasteiger partial charge in [0.05, 0.1) is 0 Å². The van der Waals surface area contributed by atoms with E-state index in [1.54, 1.807) is 11.2 Å². The van der Waals surface area contributed by atoms with Crippen LogP contribution in [0.5, 0.6) is 0 Å². The Kier molecular flexibility index (Phi) is 3.32. The fourth-order valence-corrected chi connectivity index (χ4v) is 0.173. The normalized spacial score (nSPS) is 10.9. The van der Waals surface area contributed by atoms with Gasteiger partial charge in [-0.25, -0.2) is 10.5 Å². The molecule has 0 aliphatic rings. The Hall–Kier alpha value is -0.570. The third-order valence-corrected chi connectivity index (χ3v) is 0.387. The van der Waals surface area contributed by atoms with Crippen molar-refractivity contribution in [1.82, 2.24) is 10.5 Å². The molecule has 3 nitrogen and oxygen atoms in total. The molecular formula is C4H11N3. The van der Waals surface area contributed by atoms with Crippen molar-refractivity contribution in [1.29, 1.82) is 0 Å². The third kappa shape index (κ3) is 5.43. The predicted octanol–water partition coefficient (Wildman–Crippen LogP) is 0.0583. The fraction of sp³-hybridized carbons (Fsp3) is 0.750. The summed E-state index contributed by atoms with van der Waals surface area (Å²) in [6.45, 7) is 1.86. The standard InChI is InChI=1S/C4H11N3/c1-4-5-6-7(2)3/h4,6H,1-3H3/b5-4-. The summed E-state index contributed by atoms with van der Waals surface area (Å²) in [5.74, 6) is 0. The molecule has 0 aromatic rings. The molecule has 0 radical (unpaired) electrons. The van der Waals surface area contributed by atoms with Gasteiger partial charge >= 0.3 is 0 Å². The van der Waals surface area contributed by atoms with Gasteiger partial charge in [0.25, 0.3) is 0 Å². The fourth-order valence-electron chi connectivity index (χ4n) is 0.173. The van der Waals surface area contributed by atoms with Gasteiger partial charge in [-0.3, -0.25) is 0 Å². The van der Waals surface area contributed by atoms with E-state index in [9.17, 15) is 0 Å².